The molecule has 0 rings (SSSR count). The molecule has 1 amide bonds. The van der Waals surface area contributed by atoms with Crippen LogP contribution in [0.1, 0.15) is 40.5 Å². The van der Waals surface area contributed by atoms with Crippen molar-refractivity contribution in [1.29, 1.82) is 0 Å². The second-order valence-corrected chi connectivity index (χ2v) is 4.37. The molecule has 0 aliphatic rings. The Morgan fingerprint density at radius 2 is 1.71 bits per heavy atom. The first-order valence-corrected chi connectivity index (χ1v) is 5.45. The first kappa shape index (κ1) is 13.4. The number of carbonyl (C=O) groups is 1. The number of likely N-dealkylation sites (N-methyl/N-ethyl adjacent to an activating group) is 1. The van der Waals surface area contributed by atoms with Gasteiger partial charge in [0.25, 0.3) is 0 Å². The topological polar surface area (TPSA) is 41.1 Å². The van der Waals surface area contributed by atoms with Crippen LogP contribution in [0.5, 0.6) is 0 Å². The van der Waals surface area contributed by atoms with E-state index in [9.17, 15) is 4.79 Å². The second-order valence-electron chi connectivity index (χ2n) is 4.37. The number of hydrogen-bond acceptors (Lipinski definition) is 2. The van der Waals surface area contributed by atoms with Gasteiger partial charge in [0, 0.05) is 13.1 Å². The zero-order chi connectivity index (χ0) is 11.1. The SMILES string of the molecule is CNC(=O)C(C)NC(C)CCC(C)C. The lowest BCUT2D eigenvalue weighted by atomic mass is 10.0. The fourth-order valence-corrected chi connectivity index (χ4v) is 1.39. The summed E-state index contributed by atoms with van der Waals surface area (Å²) in [5.74, 6) is 0.788. The summed E-state index contributed by atoms with van der Waals surface area (Å²) in [5, 5.41) is 5.91. The molecule has 2 atom stereocenters. The Kier molecular flexibility index (Phi) is 6.54. The summed E-state index contributed by atoms with van der Waals surface area (Å²) in [6, 6.07) is 0.312. The van der Waals surface area contributed by atoms with E-state index in [1.54, 1.807) is 7.05 Å². The Hall–Kier alpha value is -0.570. The fraction of sp³-hybridized carbons (Fsp3) is 0.909. The standard InChI is InChI=1S/C11H24N2O/c1-8(2)6-7-9(3)13-10(4)11(14)12-5/h8-10,13H,6-7H2,1-5H3,(H,12,14). The van der Waals surface area contributed by atoms with Crippen molar-refractivity contribution in [3.63, 3.8) is 0 Å². The molecule has 0 heterocycles. The van der Waals surface area contributed by atoms with Crippen molar-refractivity contribution >= 4 is 5.91 Å². The van der Waals surface area contributed by atoms with Crippen LogP contribution in [0.15, 0.2) is 0 Å². The van der Waals surface area contributed by atoms with Gasteiger partial charge in [-0.05, 0) is 32.6 Å². The molecule has 0 saturated carbocycles. The van der Waals surface area contributed by atoms with E-state index in [2.05, 4.69) is 31.4 Å². The van der Waals surface area contributed by atoms with Crippen molar-refractivity contribution in [3.8, 4) is 0 Å². The lowest BCUT2D eigenvalue weighted by Gasteiger charge is -2.19. The average Bonchev–Trinajstić information content (AvgIpc) is 2.13. The van der Waals surface area contributed by atoms with Gasteiger partial charge in [-0.25, -0.2) is 0 Å². The molecule has 3 heteroatoms. The molecule has 84 valence electrons. The lowest BCUT2D eigenvalue weighted by molar-refractivity contribution is -0.122. The van der Waals surface area contributed by atoms with Crippen LogP contribution in [0.2, 0.25) is 0 Å². The summed E-state index contributed by atoms with van der Waals surface area (Å²) in [5.41, 5.74) is 0. The molecule has 0 aliphatic carbocycles. The van der Waals surface area contributed by atoms with Crippen molar-refractivity contribution in [1.82, 2.24) is 10.6 Å². The second kappa shape index (κ2) is 6.82. The van der Waals surface area contributed by atoms with Crippen molar-refractivity contribution in [2.24, 2.45) is 5.92 Å². The molecule has 0 saturated heterocycles. The van der Waals surface area contributed by atoms with Crippen LogP contribution >= 0.6 is 0 Å². The maximum Gasteiger partial charge on any atom is 0.236 e. The maximum absolute atomic E-state index is 11.2. The van der Waals surface area contributed by atoms with E-state index < -0.39 is 0 Å². The van der Waals surface area contributed by atoms with E-state index in [0.717, 1.165) is 12.3 Å². The number of rotatable bonds is 6. The molecule has 2 N–H and O–H groups in total. The van der Waals surface area contributed by atoms with Gasteiger partial charge in [-0.2, -0.15) is 0 Å². The van der Waals surface area contributed by atoms with Crippen LogP contribution in [0, 0.1) is 5.92 Å². The van der Waals surface area contributed by atoms with Crippen molar-refractivity contribution in [2.45, 2.75) is 52.6 Å². The van der Waals surface area contributed by atoms with Gasteiger partial charge in [0.2, 0.25) is 5.91 Å². The predicted molar refractivity (Wildman–Crippen MR) is 60.2 cm³/mol. The maximum atomic E-state index is 11.2. The molecule has 0 spiro atoms. The molecule has 0 aromatic heterocycles. The quantitative estimate of drug-likeness (QED) is 0.683. The highest BCUT2D eigenvalue weighted by Gasteiger charge is 2.13. The van der Waals surface area contributed by atoms with Gasteiger partial charge in [-0.15, -0.1) is 0 Å². The van der Waals surface area contributed by atoms with Gasteiger partial charge in [-0.3, -0.25) is 4.79 Å². The van der Waals surface area contributed by atoms with Crippen molar-refractivity contribution in [2.75, 3.05) is 7.05 Å². The first-order valence-electron chi connectivity index (χ1n) is 5.45. The molecule has 3 nitrogen and oxygen atoms in total. The zero-order valence-corrected chi connectivity index (χ0v) is 10.1. The smallest absolute Gasteiger partial charge is 0.236 e. The van der Waals surface area contributed by atoms with Gasteiger partial charge in [0.15, 0.2) is 0 Å². The van der Waals surface area contributed by atoms with Gasteiger partial charge in [0.05, 0.1) is 6.04 Å². The lowest BCUT2D eigenvalue weighted by Crippen LogP contribution is -2.44. The van der Waals surface area contributed by atoms with E-state index in [0.29, 0.717) is 6.04 Å². The minimum absolute atomic E-state index is 0.0568. The monoisotopic (exact) mass is 200 g/mol. The van der Waals surface area contributed by atoms with Gasteiger partial charge in [0.1, 0.15) is 0 Å². The summed E-state index contributed by atoms with van der Waals surface area (Å²) in [6.45, 7) is 8.45. The van der Waals surface area contributed by atoms with Crippen LogP contribution < -0.4 is 10.6 Å². The Morgan fingerprint density at radius 3 is 2.14 bits per heavy atom. The minimum Gasteiger partial charge on any atom is -0.358 e. The molecular weight excluding hydrogens is 176 g/mol. The highest BCUT2D eigenvalue weighted by atomic mass is 16.2. The van der Waals surface area contributed by atoms with E-state index >= 15 is 0 Å². The van der Waals surface area contributed by atoms with E-state index in [-0.39, 0.29) is 11.9 Å². The molecule has 0 aromatic rings. The number of carbonyl (C=O) groups excluding carboxylic acids is 1. The summed E-state index contributed by atoms with van der Waals surface area (Å²) >= 11 is 0. The Bertz CT molecular complexity index is 169. The Labute approximate surface area is 87.6 Å². The summed E-state index contributed by atoms with van der Waals surface area (Å²) in [6.07, 6.45) is 2.33. The molecule has 14 heavy (non-hydrogen) atoms. The van der Waals surface area contributed by atoms with Crippen LogP contribution in [0.25, 0.3) is 0 Å². The van der Waals surface area contributed by atoms with Gasteiger partial charge >= 0.3 is 0 Å². The number of amides is 1. The minimum atomic E-state index is -0.0952. The van der Waals surface area contributed by atoms with Crippen molar-refractivity contribution in [3.05, 3.63) is 0 Å². The zero-order valence-electron chi connectivity index (χ0n) is 10.1. The van der Waals surface area contributed by atoms with Crippen LogP contribution in [-0.4, -0.2) is 25.0 Å². The number of nitrogens with one attached hydrogen (secondary N) is 2. The summed E-state index contributed by atoms with van der Waals surface area (Å²) in [7, 11) is 1.67. The van der Waals surface area contributed by atoms with Crippen LogP contribution in [0.4, 0.5) is 0 Å². The molecule has 0 aromatic carbocycles. The first-order chi connectivity index (χ1) is 6.47. The molecule has 0 bridgehead atoms. The van der Waals surface area contributed by atoms with Crippen LogP contribution in [0.3, 0.4) is 0 Å². The van der Waals surface area contributed by atoms with Crippen molar-refractivity contribution < 1.29 is 4.79 Å². The fourth-order valence-electron chi connectivity index (χ4n) is 1.39. The molecule has 0 fully saturated rings. The van der Waals surface area contributed by atoms with E-state index in [1.165, 1.54) is 6.42 Å². The highest BCUT2D eigenvalue weighted by Crippen LogP contribution is 2.06. The molecule has 2 unspecified atom stereocenters. The molecule has 0 radical (unpaired) electrons. The predicted octanol–water partition coefficient (Wildman–Crippen LogP) is 1.54. The normalized spacial score (nSPS) is 15.3. The summed E-state index contributed by atoms with van der Waals surface area (Å²) < 4.78 is 0. The van der Waals surface area contributed by atoms with Gasteiger partial charge in [-0.1, -0.05) is 13.8 Å². The molecular formula is C11H24N2O. The highest BCUT2D eigenvalue weighted by molar-refractivity contribution is 5.80. The van der Waals surface area contributed by atoms with E-state index in [1.807, 2.05) is 6.92 Å². The van der Waals surface area contributed by atoms with Crippen LogP contribution in [-0.2, 0) is 4.79 Å². The summed E-state index contributed by atoms with van der Waals surface area (Å²) in [4.78, 5) is 11.2. The third-order valence-electron chi connectivity index (χ3n) is 2.35. The largest absolute Gasteiger partial charge is 0.358 e. The Balaban J connectivity index is 3.70. The Morgan fingerprint density at radius 1 is 1.14 bits per heavy atom. The number of hydrogen-bond donors (Lipinski definition) is 2. The molecule has 0 aliphatic heterocycles. The van der Waals surface area contributed by atoms with E-state index in [4.69, 9.17) is 0 Å². The van der Waals surface area contributed by atoms with Gasteiger partial charge < -0.3 is 10.6 Å². The third-order valence-corrected chi connectivity index (χ3v) is 2.35. The average molecular weight is 200 g/mol. The third kappa shape index (κ3) is 5.97.